The smallest absolute Gasteiger partial charge is 0.152 e. The predicted octanol–water partition coefficient (Wildman–Crippen LogP) is 6.34. The molecule has 1 heterocycles. The summed E-state index contributed by atoms with van der Waals surface area (Å²) in [6.07, 6.45) is 1.00. The summed E-state index contributed by atoms with van der Waals surface area (Å²) in [5.74, 6) is 0.852. The Bertz CT molecular complexity index is 1310. The average molecular weight is 437 g/mol. The number of nitrogens with one attached hydrogen (secondary N) is 1. The van der Waals surface area contributed by atoms with Gasteiger partial charge in [-0.25, -0.2) is 0 Å². The van der Waals surface area contributed by atoms with Gasteiger partial charge in [0.15, 0.2) is 6.29 Å². The molecule has 0 saturated heterocycles. The van der Waals surface area contributed by atoms with E-state index in [0.29, 0.717) is 19.7 Å². The molecular formula is C29H28N2O2. The van der Waals surface area contributed by atoms with E-state index in [0.717, 1.165) is 40.1 Å². The highest BCUT2D eigenvalue weighted by molar-refractivity contribution is 5.90. The number of benzene rings is 4. The predicted molar refractivity (Wildman–Crippen MR) is 135 cm³/mol. The topological polar surface area (TPSA) is 41.6 Å². The number of hydrogen-bond donors (Lipinski definition) is 1. The molecule has 166 valence electrons. The van der Waals surface area contributed by atoms with Crippen molar-refractivity contribution in [2.24, 2.45) is 0 Å². The van der Waals surface area contributed by atoms with Crippen molar-refractivity contribution < 1.29 is 9.53 Å². The first kappa shape index (κ1) is 21.2. The number of hydrogen-bond acceptors (Lipinski definition) is 4. The lowest BCUT2D eigenvalue weighted by Crippen LogP contribution is -2.30. The standard InChI is InChI=1S/C29H28N2O2/c1-20-14-15-27(31-16-17-33-29-13-6-5-12-28(29)31)26(19-32)25(20)18-30-21(2)23-11-7-9-22-8-3-4-10-24(22)23/h3-15,19,21,30H,16-18H2,1-2H3/t21-/m1/s1. The molecule has 0 bridgehead atoms. The molecule has 1 atom stereocenters. The summed E-state index contributed by atoms with van der Waals surface area (Å²) in [4.78, 5) is 14.6. The van der Waals surface area contributed by atoms with E-state index >= 15 is 0 Å². The maximum absolute atomic E-state index is 12.4. The Morgan fingerprint density at radius 2 is 1.76 bits per heavy atom. The van der Waals surface area contributed by atoms with Gasteiger partial charge < -0.3 is 15.0 Å². The van der Waals surface area contributed by atoms with Crippen LogP contribution in [0.5, 0.6) is 5.75 Å². The molecule has 1 aliphatic rings. The third kappa shape index (κ3) is 3.98. The van der Waals surface area contributed by atoms with Crippen molar-refractivity contribution in [1.82, 2.24) is 5.32 Å². The van der Waals surface area contributed by atoms with E-state index in [9.17, 15) is 4.79 Å². The monoisotopic (exact) mass is 436 g/mol. The Hall–Kier alpha value is -3.63. The first-order chi connectivity index (χ1) is 16.2. The van der Waals surface area contributed by atoms with Gasteiger partial charge in [-0.2, -0.15) is 0 Å². The highest BCUT2D eigenvalue weighted by atomic mass is 16.5. The van der Waals surface area contributed by atoms with E-state index in [4.69, 9.17) is 4.74 Å². The maximum Gasteiger partial charge on any atom is 0.152 e. The van der Waals surface area contributed by atoms with E-state index in [2.05, 4.69) is 78.7 Å². The van der Waals surface area contributed by atoms with Crippen molar-refractivity contribution in [1.29, 1.82) is 0 Å². The molecule has 0 spiro atoms. The second-order valence-corrected chi connectivity index (χ2v) is 8.55. The lowest BCUT2D eigenvalue weighted by Gasteiger charge is -2.33. The number of ether oxygens (including phenoxy) is 1. The Kier molecular flexibility index (Phi) is 5.84. The zero-order valence-corrected chi connectivity index (χ0v) is 19.0. The number of carbonyl (C=O) groups is 1. The van der Waals surface area contributed by atoms with Gasteiger partial charge in [-0.15, -0.1) is 0 Å². The van der Waals surface area contributed by atoms with Crippen LogP contribution in [0.25, 0.3) is 10.8 Å². The van der Waals surface area contributed by atoms with Crippen LogP contribution in [-0.4, -0.2) is 19.4 Å². The van der Waals surface area contributed by atoms with E-state index < -0.39 is 0 Å². The molecule has 0 amide bonds. The molecule has 1 aliphatic heterocycles. The summed E-state index contributed by atoms with van der Waals surface area (Å²) in [5.41, 5.74) is 6.08. The number of anilines is 2. The molecule has 0 fully saturated rings. The van der Waals surface area contributed by atoms with Gasteiger partial charge in [-0.05, 0) is 59.5 Å². The minimum atomic E-state index is 0.141. The van der Waals surface area contributed by atoms with Gasteiger partial charge in [-0.1, -0.05) is 60.7 Å². The van der Waals surface area contributed by atoms with Crippen LogP contribution in [0.2, 0.25) is 0 Å². The van der Waals surface area contributed by atoms with E-state index in [1.54, 1.807) is 0 Å². The van der Waals surface area contributed by atoms with Crippen LogP contribution >= 0.6 is 0 Å². The first-order valence-corrected chi connectivity index (χ1v) is 11.5. The molecular weight excluding hydrogens is 408 g/mol. The lowest BCUT2D eigenvalue weighted by molar-refractivity contribution is 0.112. The van der Waals surface area contributed by atoms with Crippen LogP contribution in [0, 0.1) is 6.92 Å². The fourth-order valence-electron chi connectivity index (χ4n) is 4.78. The first-order valence-electron chi connectivity index (χ1n) is 11.5. The number of rotatable bonds is 6. The van der Waals surface area contributed by atoms with Crippen molar-refractivity contribution in [3.05, 3.63) is 101 Å². The van der Waals surface area contributed by atoms with Crippen molar-refractivity contribution in [3.63, 3.8) is 0 Å². The largest absolute Gasteiger partial charge is 0.490 e. The number of carbonyl (C=O) groups excluding carboxylic acids is 1. The summed E-state index contributed by atoms with van der Waals surface area (Å²) >= 11 is 0. The average Bonchev–Trinajstić information content (AvgIpc) is 2.87. The fourth-order valence-corrected chi connectivity index (χ4v) is 4.78. The van der Waals surface area contributed by atoms with Crippen LogP contribution < -0.4 is 15.0 Å². The van der Waals surface area contributed by atoms with Gasteiger partial charge in [0.25, 0.3) is 0 Å². The quantitative estimate of drug-likeness (QED) is 0.358. The van der Waals surface area contributed by atoms with Crippen LogP contribution in [0.3, 0.4) is 0 Å². The number of aldehydes is 1. The molecule has 0 unspecified atom stereocenters. The summed E-state index contributed by atoms with van der Waals surface area (Å²) in [6.45, 7) is 6.17. The molecule has 33 heavy (non-hydrogen) atoms. The number of aryl methyl sites for hydroxylation is 1. The highest BCUT2D eigenvalue weighted by Gasteiger charge is 2.23. The lowest BCUT2D eigenvalue weighted by atomic mass is 9.97. The second-order valence-electron chi connectivity index (χ2n) is 8.55. The van der Waals surface area contributed by atoms with Crippen molar-refractivity contribution in [2.45, 2.75) is 26.4 Å². The zero-order valence-electron chi connectivity index (χ0n) is 19.0. The van der Waals surface area contributed by atoms with Gasteiger partial charge in [0.05, 0.1) is 17.9 Å². The molecule has 4 heteroatoms. The van der Waals surface area contributed by atoms with Crippen LogP contribution in [0.4, 0.5) is 11.4 Å². The van der Waals surface area contributed by atoms with Gasteiger partial charge in [0.1, 0.15) is 12.4 Å². The second kappa shape index (κ2) is 9.08. The van der Waals surface area contributed by atoms with E-state index in [-0.39, 0.29) is 6.04 Å². The molecule has 0 radical (unpaired) electrons. The molecule has 0 saturated carbocycles. The number of fused-ring (bicyclic) bond motifs is 2. The Morgan fingerprint density at radius 1 is 0.970 bits per heavy atom. The molecule has 0 aromatic heterocycles. The molecule has 4 nitrogen and oxygen atoms in total. The van der Waals surface area contributed by atoms with Gasteiger partial charge in [-0.3, -0.25) is 4.79 Å². The summed E-state index contributed by atoms with van der Waals surface area (Å²) in [6, 6.07) is 27.2. The van der Waals surface area contributed by atoms with E-state index in [1.165, 1.54) is 16.3 Å². The van der Waals surface area contributed by atoms with Crippen LogP contribution in [0.1, 0.15) is 40.0 Å². The fraction of sp³-hybridized carbons (Fsp3) is 0.207. The highest BCUT2D eigenvalue weighted by Crippen LogP contribution is 2.38. The van der Waals surface area contributed by atoms with Crippen molar-refractivity contribution >= 4 is 28.4 Å². The molecule has 0 aliphatic carbocycles. The van der Waals surface area contributed by atoms with Gasteiger partial charge in [0.2, 0.25) is 0 Å². The summed E-state index contributed by atoms with van der Waals surface area (Å²) in [5, 5.41) is 6.16. The molecule has 4 aromatic carbocycles. The number of para-hydroxylation sites is 2. The minimum absolute atomic E-state index is 0.141. The SMILES string of the molecule is Cc1ccc(N2CCOc3ccccc32)c(C=O)c1CN[C@H](C)c1cccc2ccccc12. The number of nitrogens with zero attached hydrogens (tertiary/aromatic N) is 1. The minimum Gasteiger partial charge on any atom is -0.490 e. The third-order valence-corrected chi connectivity index (χ3v) is 6.58. The van der Waals surface area contributed by atoms with Gasteiger partial charge >= 0.3 is 0 Å². The molecule has 5 rings (SSSR count). The zero-order chi connectivity index (χ0) is 22.8. The van der Waals surface area contributed by atoms with E-state index in [1.807, 2.05) is 24.3 Å². The van der Waals surface area contributed by atoms with Crippen LogP contribution in [-0.2, 0) is 6.54 Å². The molecule has 4 aromatic rings. The summed E-state index contributed by atoms with van der Waals surface area (Å²) < 4.78 is 5.82. The third-order valence-electron chi connectivity index (χ3n) is 6.58. The van der Waals surface area contributed by atoms with Crippen molar-refractivity contribution in [3.8, 4) is 5.75 Å². The Labute approximate surface area is 194 Å². The normalized spacial score (nSPS) is 13.9. The van der Waals surface area contributed by atoms with Crippen LogP contribution in [0.15, 0.2) is 78.9 Å². The summed E-state index contributed by atoms with van der Waals surface area (Å²) in [7, 11) is 0. The Morgan fingerprint density at radius 3 is 2.64 bits per heavy atom. The molecule has 1 N–H and O–H groups in total. The van der Waals surface area contributed by atoms with Crippen molar-refractivity contribution in [2.75, 3.05) is 18.1 Å². The Balaban J connectivity index is 1.46. The van der Waals surface area contributed by atoms with Gasteiger partial charge in [0, 0.05) is 18.2 Å². The maximum atomic E-state index is 12.4.